The summed E-state index contributed by atoms with van der Waals surface area (Å²) in [5.74, 6) is 1.74. The highest BCUT2D eigenvalue weighted by atomic mass is 16.6. The molecule has 0 bridgehead atoms. The van der Waals surface area contributed by atoms with Gasteiger partial charge in [-0.25, -0.2) is 0 Å². The second-order valence-electron chi connectivity index (χ2n) is 10.3. The largest absolute Gasteiger partial charge is 0.497 e. The summed E-state index contributed by atoms with van der Waals surface area (Å²) in [4.78, 5) is 0. The van der Waals surface area contributed by atoms with Crippen LogP contribution in [-0.4, -0.2) is 50.3 Å². The third-order valence-corrected chi connectivity index (χ3v) is 7.22. The number of benzene rings is 4. The van der Waals surface area contributed by atoms with E-state index < -0.39 is 24.4 Å². The lowest BCUT2D eigenvalue weighted by molar-refractivity contribution is -0.205. The Morgan fingerprint density at radius 2 is 1.19 bits per heavy atom. The van der Waals surface area contributed by atoms with Crippen LogP contribution in [0.4, 0.5) is 0 Å². The highest BCUT2D eigenvalue weighted by Crippen LogP contribution is 2.33. The molecule has 4 aromatic rings. The molecule has 5 rings (SSSR count). The van der Waals surface area contributed by atoms with Crippen LogP contribution in [0.3, 0.4) is 0 Å². The van der Waals surface area contributed by atoms with E-state index in [1.807, 2.05) is 109 Å². The van der Waals surface area contributed by atoms with Gasteiger partial charge in [0.15, 0.2) is 6.10 Å². The molecule has 4 unspecified atom stereocenters. The maximum Gasteiger partial charge on any atom is 0.150 e. The molecule has 224 valence electrons. The normalized spacial score (nSPS) is 20.9. The minimum Gasteiger partial charge on any atom is -0.497 e. The summed E-state index contributed by atoms with van der Waals surface area (Å²) >= 11 is 0. The molecule has 7 heteroatoms. The van der Waals surface area contributed by atoms with Crippen molar-refractivity contribution >= 4 is 6.08 Å². The van der Waals surface area contributed by atoms with Crippen LogP contribution in [0.15, 0.2) is 115 Å². The highest BCUT2D eigenvalue weighted by Gasteiger charge is 2.44. The first-order valence-corrected chi connectivity index (χ1v) is 14.3. The number of ether oxygens (including phenoxy) is 6. The summed E-state index contributed by atoms with van der Waals surface area (Å²) in [5.41, 5.74) is 3.79. The first-order valence-electron chi connectivity index (χ1n) is 14.3. The van der Waals surface area contributed by atoms with Gasteiger partial charge in [-0.3, -0.25) is 0 Å². The van der Waals surface area contributed by atoms with Crippen LogP contribution in [0.25, 0.3) is 6.08 Å². The smallest absolute Gasteiger partial charge is 0.150 e. The maximum absolute atomic E-state index is 11.8. The van der Waals surface area contributed by atoms with Crippen molar-refractivity contribution in [1.29, 1.82) is 0 Å². The quantitative estimate of drug-likeness (QED) is 0.201. The zero-order valence-corrected chi connectivity index (χ0v) is 24.5. The number of aliphatic hydroxyl groups is 1. The molecule has 1 aliphatic heterocycles. The molecule has 1 saturated heterocycles. The van der Waals surface area contributed by atoms with E-state index in [2.05, 4.69) is 0 Å². The highest BCUT2D eigenvalue weighted by molar-refractivity contribution is 5.58. The lowest BCUT2D eigenvalue weighted by atomic mass is 9.96. The Morgan fingerprint density at radius 3 is 1.72 bits per heavy atom. The van der Waals surface area contributed by atoms with Gasteiger partial charge < -0.3 is 33.5 Å². The van der Waals surface area contributed by atoms with Crippen LogP contribution in [0.2, 0.25) is 0 Å². The monoisotopic (exact) mass is 582 g/mol. The van der Waals surface area contributed by atoms with Crippen molar-refractivity contribution < 1.29 is 33.5 Å². The van der Waals surface area contributed by atoms with Crippen molar-refractivity contribution in [3.63, 3.8) is 0 Å². The van der Waals surface area contributed by atoms with E-state index in [4.69, 9.17) is 28.4 Å². The summed E-state index contributed by atoms with van der Waals surface area (Å²) in [6, 6.07) is 35.2. The van der Waals surface area contributed by atoms with E-state index >= 15 is 0 Å². The van der Waals surface area contributed by atoms with Gasteiger partial charge in [-0.15, -0.1) is 0 Å². The third kappa shape index (κ3) is 8.46. The van der Waals surface area contributed by atoms with Crippen LogP contribution >= 0.6 is 0 Å². The van der Waals surface area contributed by atoms with Crippen LogP contribution in [-0.2, 0) is 38.8 Å². The number of rotatable bonds is 13. The van der Waals surface area contributed by atoms with Crippen molar-refractivity contribution in [2.24, 2.45) is 0 Å². The zero-order valence-electron chi connectivity index (χ0n) is 24.5. The molecule has 1 fully saturated rings. The molecule has 1 heterocycles. The first-order chi connectivity index (χ1) is 21.1. The van der Waals surface area contributed by atoms with E-state index in [1.54, 1.807) is 20.3 Å². The molecule has 4 atom stereocenters. The van der Waals surface area contributed by atoms with E-state index in [-0.39, 0.29) is 13.2 Å². The average molecular weight is 583 g/mol. The van der Waals surface area contributed by atoms with Crippen LogP contribution in [0.5, 0.6) is 11.5 Å². The van der Waals surface area contributed by atoms with Gasteiger partial charge in [0.2, 0.25) is 0 Å². The van der Waals surface area contributed by atoms with E-state index in [1.165, 1.54) is 0 Å². The topological polar surface area (TPSA) is 75.6 Å². The minimum absolute atomic E-state index is 0.204. The van der Waals surface area contributed by atoms with E-state index in [0.29, 0.717) is 30.5 Å². The second kappa shape index (κ2) is 15.4. The number of aliphatic hydroxyl groups excluding tert-OH is 1. The molecule has 7 nitrogen and oxygen atoms in total. The van der Waals surface area contributed by atoms with Gasteiger partial charge in [-0.1, -0.05) is 91.0 Å². The maximum atomic E-state index is 11.8. The fourth-order valence-electron chi connectivity index (χ4n) is 4.97. The van der Waals surface area contributed by atoms with E-state index in [0.717, 1.165) is 22.3 Å². The molecule has 1 aliphatic rings. The molecule has 43 heavy (non-hydrogen) atoms. The molecule has 0 aliphatic carbocycles. The Bertz CT molecular complexity index is 1400. The third-order valence-electron chi connectivity index (χ3n) is 7.22. The fraction of sp³-hybridized carbons (Fsp3) is 0.278. The molecule has 0 saturated carbocycles. The lowest BCUT2D eigenvalue weighted by Crippen LogP contribution is -2.55. The fourth-order valence-corrected chi connectivity index (χ4v) is 4.97. The summed E-state index contributed by atoms with van der Waals surface area (Å²) in [6.45, 7) is 1.20. The molecular formula is C36H38O7. The van der Waals surface area contributed by atoms with Gasteiger partial charge in [0, 0.05) is 6.07 Å². The Morgan fingerprint density at radius 1 is 0.674 bits per heavy atom. The molecule has 0 amide bonds. The van der Waals surface area contributed by atoms with Gasteiger partial charge in [0.05, 0.1) is 40.6 Å². The molecule has 4 aromatic carbocycles. The van der Waals surface area contributed by atoms with Crippen LogP contribution in [0.1, 0.15) is 22.3 Å². The van der Waals surface area contributed by atoms with Crippen LogP contribution in [0, 0.1) is 0 Å². The molecule has 0 radical (unpaired) electrons. The molecule has 0 aromatic heterocycles. The summed E-state index contributed by atoms with van der Waals surface area (Å²) in [6.07, 6.45) is -1.30. The summed E-state index contributed by atoms with van der Waals surface area (Å²) in [5, 5.41) is 11.8. The standard InChI is InChI=1S/C36H38O7/c1-38-30-18-29(19-31(21-30)39-2)20-32-35(41-23-27-14-8-4-9-15-27)34(37)36(42-24-28-16-10-5-11-17-28)33(43-32)25-40-22-26-12-6-3-7-13-26/h3-21,33-37H,22-25H2,1-2H3/b32-20+. The number of hydrogen-bond donors (Lipinski definition) is 1. The van der Waals surface area contributed by atoms with Gasteiger partial charge in [0.1, 0.15) is 35.6 Å². The first kappa shape index (κ1) is 30.3. The molecular weight excluding hydrogens is 544 g/mol. The summed E-state index contributed by atoms with van der Waals surface area (Å²) in [7, 11) is 3.21. The van der Waals surface area contributed by atoms with Crippen molar-refractivity contribution in [2.45, 2.75) is 44.2 Å². The van der Waals surface area contributed by atoms with Crippen molar-refractivity contribution in [2.75, 3.05) is 20.8 Å². The molecule has 1 N–H and O–H groups in total. The Balaban J connectivity index is 1.44. The van der Waals surface area contributed by atoms with Crippen molar-refractivity contribution in [3.8, 4) is 11.5 Å². The van der Waals surface area contributed by atoms with Gasteiger partial charge >= 0.3 is 0 Å². The molecule has 0 spiro atoms. The summed E-state index contributed by atoms with van der Waals surface area (Å²) < 4.78 is 36.4. The van der Waals surface area contributed by atoms with Gasteiger partial charge in [-0.2, -0.15) is 0 Å². The number of methoxy groups -OCH3 is 2. The van der Waals surface area contributed by atoms with Gasteiger partial charge in [-0.05, 0) is 40.5 Å². The number of hydrogen-bond acceptors (Lipinski definition) is 7. The Hall–Kier alpha value is -4.14. The van der Waals surface area contributed by atoms with Crippen molar-refractivity contribution in [1.82, 2.24) is 0 Å². The minimum atomic E-state index is -1.04. The predicted molar refractivity (Wildman–Crippen MR) is 165 cm³/mol. The van der Waals surface area contributed by atoms with Crippen LogP contribution < -0.4 is 9.47 Å². The lowest BCUT2D eigenvalue weighted by Gasteiger charge is -2.41. The van der Waals surface area contributed by atoms with Gasteiger partial charge in [0.25, 0.3) is 0 Å². The average Bonchev–Trinajstić information content (AvgIpc) is 3.05. The SMILES string of the molecule is COc1cc(/C=C2/OC(COCc3ccccc3)C(OCc3ccccc3)C(O)C2OCc2ccccc2)cc(OC)c1. The van der Waals surface area contributed by atoms with E-state index in [9.17, 15) is 5.11 Å². The Labute approximate surface area is 253 Å². The Kier molecular flexibility index (Phi) is 10.8. The predicted octanol–water partition coefficient (Wildman–Crippen LogP) is 6.19. The van der Waals surface area contributed by atoms with Crippen molar-refractivity contribution in [3.05, 3.63) is 137 Å². The zero-order chi connectivity index (χ0) is 29.9. The second-order valence-corrected chi connectivity index (χ2v) is 10.3.